The lowest BCUT2D eigenvalue weighted by atomic mass is 10.1. The van der Waals surface area contributed by atoms with Gasteiger partial charge in [0.15, 0.2) is 11.5 Å². The third kappa shape index (κ3) is 2.59. The van der Waals surface area contributed by atoms with Crippen LogP contribution in [-0.4, -0.2) is 26.9 Å². The number of fused-ring (bicyclic) bond motifs is 1. The minimum Gasteiger partial charge on any atom is -0.493 e. The second-order valence-corrected chi connectivity index (χ2v) is 4.11. The predicted molar refractivity (Wildman–Crippen MR) is 71.3 cm³/mol. The van der Waals surface area contributed by atoms with Gasteiger partial charge in [-0.3, -0.25) is 0 Å². The Bertz CT molecular complexity index is 431. The van der Waals surface area contributed by atoms with Gasteiger partial charge in [0, 0.05) is 6.54 Å². The fourth-order valence-electron chi connectivity index (χ4n) is 1.92. The fraction of sp³-hybridized carbons (Fsp3) is 0.429. The van der Waals surface area contributed by atoms with Crippen LogP contribution in [0.25, 0.3) is 6.08 Å². The summed E-state index contributed by atoms with van der Waals surface area (Å²) in [5.74, 6) is 2.12. The minimum atomic E-state index is 0.557. The predicted octanol–water partition coefficient (Wildman–Crippen LogP) is 2.22. The number of hydrogen-bond donors (Lipinski definition) is 1. The summed E-state index contributed by atoms with van der Waals surface area (Å²) in [6.07, 6.45) is 3.01. The lowest BCUT2D eigenvalue weighted by Gasteiger charge is -2.21. The van der Waals surface area contributed by atoms with Crippen molar-refractivity contribution < 1.29 is 14.2 Å². The third-order valence-electron chi connectivity index (χ3n) is 2.94. The first-order chi connectivity index (χ1) is 8.78. The SMILES string of the molecule is CCC(=Cc1cc(OC)c2c(c1)OCCO2)CN. The molecular weight excluding hydrogens is 230 g/mol. The van der Waals surface area contributed by atoms with Gasteiger partial charge in [0.25, 0.3) is 0 Å². The molecule has 0 aromatic heterocycles. The highest BCUT2D eigenvalue weighted by Gasteiger charge is 2.17. The Hall–Kier alpha value is -1.68. The first kappa shape index (κ1) is 12.8. The van der Waals surface area contributed by atoms with Gasteiger partial charge in [-0.05, 0) is 24.1 Å². The fourth-order valence-corrected chi connectivity index (χ4v) is 1.92. The molecule has 4 heteroatoms. The normalized spacial score (nSPS) is 14.5. The van der Waals surface area contributed by atoms with Gasteiger partial charge in [-0.1, -0.05) is 18.6 Å². The van der Waals surface area contributed by atoms with Gasteiger partial charge in [0.1, 0.15) is 13.2 Å². The zero-order chi connectivity index (χ0) is 13.0. The van der Waals surface area contributed by atoms with E-state index in [1.165, 1.54) is 5.57 Å². The Morgan fingerprint density at radius 2 is 2.17 bits per heavy atom. The summed E-state index contributed by atoms with van der Waals surface area (Å²) in [6, 6.07) is 3.90. The summed E-state index contributed by atoms with van der Waals surface area (Å²) in [5, 5.41) is 0. The highest BCUT2D eigenvalue weighted by molar-refractivity contribution is 5.63. The van der Waals surface area contributed by atoms with Crippen LogP contribution < -0.4 is 19.9 Å². The summed E-state index contributed by atoms with van der Waals surface area (Å²) in [6.45, 7) is 3.78. The largest absolute Gasteiger partial charge is 0.493 e. The number of nitrogens with two attached hydrogens (primary N) is 1. The first-order valence-electron chi connectivity index (χ1n) is 6.15. The van der Waals surface area contributed by atoms with Gasteiger partial charge < -0.3 is 19.9 Å². The number of hydrogen-bond acceptors (Lipinski definition) is 4. The minimum absolute atomic E-state index is 0.557. The second-order valence-electron chi connectivity index (χ2n) is 4.11. The molecule has 98 valence electrons. The molecule has 0 unspecified atom stereocenters. The van der Waals surface area contributed by atoms with E-state index >= 15 is 0 Å². The van der Waals surface area contributed by atoms with Gasteiger partial charge in [0.05, 0.1) is 7.11 Å². The summed E-state index contributed by atoms with van der Waals surface area (Å²) < 4.78 is 16.5. The molecular formula is C14H19NO3. The Morgan fingerprint density at radius 3 is 2.83 bits per heavy atom. The van der Waals surface area contributed by atoms with E-state index in [-0.39, 0.29) is 0 Å². The molecule has 1 heterocycles. The molecule has 1 aliphatic heterocycles. The number of benzene rings is 1. The highest BCUT2D eigenvalue weighted by atomic mass is 16.6. The van der Waals surface area contributed by atoms with Crippen molar-refractivity contribution in [2.24, 2.45) is 5.73 Å². The van der Waals surface area contributed by atoms with Crippen LogP contribution in [0.15, 0.2) is 17.7 Å². The van der Waals surface area contributed by atoms with Crippen LogP contribution >= 0.6 is 0 Å². The smallest absolute Gasteiger partial charge is 0.203 e. The van der Waals surface area contributed by atoms with E-state index < -0.39 is 0 Å². The maximum atomic E-state index is 5.68. The van der Waals surface area contributed by atoms with Crippen LogP contribution in [0.2, 0.25) is 0 Å². The molecule has 1 aromatic rings. The van der Waals surface area contributed by atoms with E-state index in [0.29, 0.717) is 31.3 Å². The third-order valence-corrected chi connectivity index (χ3v) is 2.94. The maximum absolute atomic E-state index is 5.68. The number of ether oxygens (including phenoxy) is 3. The average molecular weight is 249 g/mol. The van der Waals surface area contributed by atoms with Crippen molar-refractivity contribution in [2.45, 2.75) is 13.3 Å². The van der Waals surface area contributed by atoms with Gasteiger partial charge in [-0.15, -0.1) is 0 Å². The van der Waals surface area contributed by atoms with Crippen molar-refractivity contribution in [3.05, 3.63) is 23.3 Å². The van der Waals surface area contributed by atoms with E-state index in [9.17, 15) is 0 Å². The monoisotopic (exact) mass is 249 g/mol. The van der Waals surface area contributed by atoms with Crippen LogP contribution in [0.5, 0.6) is 17.2 Å². The molecule has 1 aliphatic rings. The molecule has 0 aliphatic carbocycles. The molecule has 1 aromatic carbocycles. The Balaban J connectivity index is 2.41. The van der Waals surface area contributed by atoms with Gasteiger partial charge in [0.2, 0.25) is 5.75 Å². The molecule has 0 amide bonds. The maximum Gasteiger partial charge on any atom is 0.203 e. The topological polar surface area (TPSA) is 53.7 Å². The Kier molecular flexibility index (Phi) is 4.10. The molecule has 0 saturated carbocycles. The zero-order valence-corrected chi connectivity index (χ0v) is 10.9. The highest BCUT2D eigenvalue weighted by Crippen LogP contribution is 2.40. The van der Waals surface area contributed by atoms with Crippen LogP contribution in [0.1, 0.15) is 18.9 Å². The summed E-state index contributed by atoms with van der Waals surface area (Å²) in [7, 11) is 1.63. The molecule has 2 N–H and O–H groups in total. The summed E-state index contributed by atoms with van der Waals surface area (Å²) in [5.41, 5.74) is 7.90. The second kappa shape index (κ2) is 5.78. The quantitative estimate of drug-likeness (QED) is 0.889. The van der Waals surface area contributed by atoms with Crippen LogP contribution in [0.4, 0.5) is 0 Å². The molecule has 0 fully saturated rings. The van der Waals surface area contributed by atoms with Crippen molar-refractivity contribution in [1.82, 2.24) is 0 Å². The van der Waals surface area contributed by atoms with Crippen LogP contribution in [0, 0.1) is 0 Å². The van der Waals surface area contributed by atoms with Crippen LogP contribution in [0.3, 0.4) is 0 Å². The molecule has 0 radical (unpaired) electrons. The van der Waals surface area contributed by atoms with E-state index in [1.54, 1.807) is 7.11 Å². The van der Waals surface area contributed by atoms with Crippen molar-refractivity contribution in [1.29, 1.82) is 0 Å². The number of methoxy groups -OCH3 is 1. The van der Waals surface area contributed by atoms with E-state index in [4.69, 9.17) is 19.9 Å². The molecule has 4 nitrogen and oxygen atoms in total. The lowest BCUT2D eigenvalue weighted by molar-refractivity contribution is 0.165. The molecule has 2 rings (SSSR count). The molecule has 0 saturated heterocycles. The average Bonchev–Trinajstić information content (AvgIpc) is 2.43. The van der Waals surface area contributed by atoms with Crippen LogP contribution in [-0.2, 0) is 0 Å². The standard InChI is InChI=1S/C14H19NO3/c1-3-10(9-15)6-11-7-12(16-2)14-13(8-11)17-4-5-18-14/h6-8H,3-5,9,15H2,1-2H3. The first-order valence-corrected chi connectivity index (χ1v) is 6.15. The summed E-state index contributed by atoms with van der Waals surface area (Å²) in [4.78, 5) is 0. The van der Waals surface area contributed by atoms with Gasteiger partial charge in [-0.25, -0.2) is 0 Å². The van der Waals surface area contributed by atoms with Crippen molar-refractivity contribution in [3.8, 4) is 17.2 Å². The zero-order valence-electron chi connectivity index (χ0n) is 10.9. The van der Waals surface area contributed by atoms with Gasteiger partial charge >= 0.3 is 0 Å². The van der Waals surface area contributed by atoms with E-state index in [2.05, 4.69) is 13.0 Å². The van der Waals surface area contributed by atoms with E-state index in [1.807, 2.05) is 12.1 Å². The lowest BCUT2D eigenvalue weighted by Crippen LogP contribution is -2.16. The molecule has 0 atom stereocenters. The van der Waals surface area contributed by atoms with Gasteiger partial charge in [-0.2, -0.15) is 0 Å². The van der Waals surface area contributed by atoms with Crippen molar-refractivity contribution >= 4 is 6.08 Å². The molecule has 0 bridgehead atoms. The molecule has 18 heavy (non-hydrogen) atoms. The van der Waals surface area contributed by atoms with E-state index in [0.717, 1.165) is 17.7 Å². The Labute approximate surface area is 107 Å². The van der Waals surface area contributed by atoms with Crippen molar-refractivity contribution in [3.63, 3.8) is 0 Å². The number of rotatable bonds is 4. The summed E-state index contributed by atoms with van der Waals surface area (Å²) >= 11 is 0. The Morgan fingerprint density at radius 1 is 1.39 bits per heavy atom. The molecule has 0 spiro atoms. The van der Waals surface area contributed by atoms with Crippen molar-refractivity contribution in [2.75, 3.05) is 26.9 Å².